The van der Waals surface area contributed by atoms with E-state index in [1.807, 2.05) is 12.1 Å². The Morgan fingerprint density at radius 1 is 1.27 bits per heavy atom. The van der Waals surface area contributed by atoms with Crippen LogP contribution in [0.5, 0.6) is 0 Å². The molecule has 1 amide bonds. The second kappa shape index (κ2) is 12.0. The molecule has 0 saturated carbocycles. The fraction of sp³-hybridized carbons (Fsp3) is 0.556. The third-order valence-electron chi connectivity index (χ3n) is 6.78. The average Bonchev–Trinajstić information content (AvgIpc) is 3.30. The van der Waals surface area contributed by atoms with Crippen molar-refractivity contribution in [2.75, 3.05) is 45.8 Å². The van der Waals surface area contributed by atoms with Crippen LogP contribution in [0.2, 0.25) is 0 Å². The second-order valence-corrected chi connectivity index (χ2v) is 9.95. The molecule has 1 aliphatic carbocycles. The molecule has 2 N–H and O–H groups in total. The average molecular weight is 450 g/mol. The Balaban J connectivity index is 1.57. The van der Waals surface area contributed by atoms with Crippen molar-refractivity contribution in [1.82, 2.24) is 20.1 Å². The van der Waals surface area contributed by atoms with Crippen molar-refractivity contribution in [2.24, 2.45) is 5.41 Å². The van der Waals surface area contributed by atoms with Gasteiger partial charge in [-0.25, -0.2) is 0 Å². The summed E-state index contributed by atoms with van der Waals surface area (Å²) >= 11 is 0. The number of H-pyrrole nitrogens is 1. The molecule has 2 heterocycles. The second-order valence-electron chi connectivity index (χ2n) is 9.95. The summed E-state index contributed by atoms with van der Waals surface area (Å²) in [6.45, 7) is 13.9. The van der Waals surface area contributed by atoms with Crippen LogP contribution in [0.15, 0.2) is 47.7 Å². The lowest BCUT2D eigenvalue weighted by Crippen LogP contribution is -2.46. The number of aromatic nitrogens is 1. The summed E-state index contributed by atoms with van der Waals surface area (Å²) in [5.41, 5.74) is 4.16. The van der Waals surface area contributed by atoms with E-state index in [1.54, 1.807) is 17.8 Å². The number of nitrogens with one attached hydrogen (secondary N) is 2. The lowest BCUT2D eigenvalue weighted by atomic mass is 9.78. The summed E-state index contributed by atoms with van der Waals surface area (Å²) in [5, 5.41) is 11.8. The molecule has 2 aliphatic rings. The van der Waals surface area contributed by atoms with Crippen LogP contribution in [0.25, 0.3) is 0 Å². The molecule has 0 atom stereocenters. The fourth-order valence-electron chi connectivity index (χ4n) is 4.33. The molecule has 1 aromatic heterocycles. The summed E-state index contributed by atoms with van der Waals surface area (Å²) in [5.74, 6) is -0.197. The normalized spacial score (nSPS) is 19.9. The standard InChI is InChI=1S/C27H39N5O/c1-4-31-14-16-32(17-15-31)21-23(8-7-22-9-11-27(2,3)12-10-22)6-5-13-29-26(33)25-18-24(19-28)20-30-25/h5-6,8-9,18,20,30H,4,7,10-17,21H2,1-3H3,(H,29,33)/b6-5-,23-8+. The van der Waals surface area contributed by atoms with Crippen LogP contribution in [-0.2, 0) is 0 Å². The van der Waals surface area contributed by atoms with Crippen molar-refractivity contribution in [3.8, 4) is 6.07 Å². The number of amides is 1. The van der Waals surface area contributed by atoms with Gasteiger partial charge in [0.05, 0.1) is 5.56 Å². The van der Waals surface area contributed by atoms with Gasteiger partial charge in [0.2, 0.25) is 0 Å². The van der Waals surface area contributed by atoms with Gasteiger partial charge in [-0.05, 0) is 49.3 Å². The third kappa shape index (κ3) is 8.03. The highest BCUT2D eigenvalue weighted by Gasteiger charge is 2.21. The molecule has 6 nitrogen and oxygen atoms in total. The lowest BCUT2D eigenvalue weighted by Gasteiger charge is -2.34. The van der Waals surface area contributed by atoms with E-state index in [0.29, 0.717) is 23.2 Å². The van der Waals surface area contributed by atoms with Crippen LogP contribution in [0.1, 0.15) is 62.5 Å². The summed E-state index contributed by atoms with van der Waals surface area (Å²) < 4.78 is 0. The molecule has 0 radical (unpaired) electrons. The molecule has 3 rings (SSSR count). The highest BCUT2D eigenvalue weighted by Crippen LogP contribution is 2.35. The van der Waals surface area contributed by atoms with Crippen LogP contribution in [0, 0.1) is 16.7 Å². The highest BCUT2D eigenvalue weighted by atomic mass is 16.1. The Kier molecular flexibility index (Phi) is 9.11. The number of piperazine rings is 1. The van der Waals surface area contributed by atoms with Crippen molar-refractivity contribution in [2.45, 2.75) is 46.5 Å². The molecule has 1 fully saturated rings. The number of rotatable bonds is 9. The van der Waals surface area contributed by atoms with Crippen molar-refractivity contribution in [1.29, 1.82) is 5.26 Å². The SMILES string of the molecule is CCN1CCN(CC(/C=C\CNC(=O)c2cc(C#N)c[nH]2)=C/CC2=CCC(C)(C)CC2)CC1. The highest BCUT2D eigenvalue weighted by molar-refractivity contribution is 5.92. The van der Waals surface area contributed by atoms with Gasteiger partial charge >= 0.3 is 0 Å². The Morgan fingerprint density at radius 2 is 2.03 bits per heavy atom. The summed E-state index contributed by atoms with van der Waals surface area (Å²) in [7, 11) is 0. The number of nitriles is 1. The molecule has 1 saturated heterocycles. The minimum Gasteiger partial charge on any atom is -0.356 e. The van der Waals surface area contributed by atoms with Gasteiger partial charge in [-0.15, -0.1) is 0 Å². The van der Waals surface area contributed by atoms with Gasteiger partial charge < -0.3 is 15.2 Å². The molecule has 0 spiro atoms. The molecule has 1 aliphatic heterocycles. The van der Waals surface area contributed by atoms with E-state index in [2.05, 4.69) is 59.1 Å². The fourth-order valence-corrected chi connectivity index (χ4v) is 4.33. The summed E-state index contributed by atoms with van der Waals surface area (Å²) in [6.07, 6.45) is 15.2. The van der Waals surface area contributed by atoms with Crippen LogP contribution in [0.3, 0.4) is 0 Å². The number of nitrogens with zero attached hydrogens (tertiary/aromatic N) is 3. The predicted molar refractivity (Wildman–Crippen MR) is 134 cm³/mol. The molecule has 33 heavy (non-hydrogen) atoms. The van der Waals surface area contributed by atoms with Crippen molar-refractivity contribution < 1.29 is 4.79 Å². The Hall–Kier alpha value is -2.62. The minimum atomic E-state index is -0.197. The van der Waals surface area contributed by atoms with Crippen LogP contribution in [0.4, 0.5) is 0 Å². The van der Waals surface area contributed by atoms with E-state index >= 15 is 0 Å². The largest absolute Gasteiger partial charge is 0.356 e. The first-order chi connectivity index (χ1) is 15.9. The Morgan fingerprint density at radius 3 is 2.67 bits per heavy atom. The number of allylic oxidation sites excluding steroid dienone is 3. The summed E-state index contributed by atoms with van der Waals surface area (Å²) in [6, 6.07) is 3.60. The molecular formula is C27H39N5O. The van der Waals surface area contributed by atoms with E-state index in [-0.39, 0.29) is 5.91 Å². The lowest BCUT2D eigenvalue weighted by molar-refractivity contribution is 0.0953. The van der Waals surface area contributed by atoms with Gasteiger partial charge in [-0.1, -0.05) is 50.6 Å². The maximum absolute atomic E-state index is 12.3. The Labute approximate surface area is 199 Å². The number of hydrogen-bond acceptors (Lipinski definition) is 4. The quantitative estimate of drug-likeness (QED) is 0.436. The van der Waals surface area contributed by atoms with Crippen LogP contribution in [-0.4, -0.2) is 66.5 Å². The first-order valence-corrected chi connectivity index (χ1v) is 12.2. The zero-order valence-electron chi connectivity index (χ0n) is 20.5. The molecule has 1 aromatic rings. The first kappa shape index (κ1) is 25.0. The molecule has 178 valence electrons. The van der Waals surface area contributed by atoms with E-state index in [0.717, 1.165) is 45.7 Å². The molecule has 0 bridgehead atoms. The van der Waals surface area contributed by atoms with E-state index in [4.69, 9.17) is 5.26 Å². The Bertz CT molecular complexity index is 923. The molecule has 0 aromatic carbocycles. The zero-order chi connectivity index (χ0) is 23.7. The maximum Gasteiger partial charge on any atom is 0.267 e. The van der Waals surface area contributed by atoms with E-state index in [9.17, 15) is 4.79 Å². The minimum absolute atomic E-state index is 0.197. The van der Waals surface area contributed by atoms with Crippen LogP contribution < -0.4 is 5.32 Å². The zero-order valence-corrected chi connectivity index (χ0v) is 20.5. The number of likely N-dealkylation sites (N-methyl/N-ethyl adjacent to an activating group) is 1. The molecule has 0 unspecified atom stereocenters. The van der Waals surface area contributed by atoms with E-state index < -0.39 is 0 Å². The number of aromatic amines is 1. The summed E-state index contributed by atoms with van der Waals surface area (Å²) in [4.78, 5) is 20.1. The van der Waals surface area contributed by atoms with Gasteiger partial charge in [-0.2, -0.15) is 5.26 Å². The monoisotopic (exact) mass is 449 g/mol. The van der Waals surface area contributed by atoms with Gasteiger partial charge in [0.1, 0.15) is 11.8 Å². The first-order valence-electron chi connectivity index (χ1n) is 12.2. The molecular weight excluding hydrogens is 410 g/mol. The third-order valence-corrected chi connectivity index (χ3v) is 6.78. The number of hydrogen-bond donors (Lipinski definition) is 2. The topological polar surface area (TPSA) is 75.2 Å². The van der Waals surface area contributed by atoms with Crippen molar-refractivity contribution in [3.05, 3.63) is 59.0 Å². The molecule has 6 heteroatoms. The number of carbonyl (C=O) groups excluding carboxylic acids is 1. The number of carbonyl (C=O) groups is 1. The van der Waals surface area contributed by atoms with Gasteiger partial charge in [0, 0.05) is 45.5 Å². The van der Waals surface area contributed by atoms with E-state index in [1.165, 1.54) is 24.8 Å². The van der Waals surface area contributed by atoms with Crippen LogP contribution >= 0.6 is 0 Å². The smallest absolute Gasteiger partial charge is 0.267 e. The van der Waals surface area contributed by atoms with Crippen molar-refractivity contribution in [3.63, 3.8) is 0 Å². The predicted octanol–water partition coefficient (Wildman–Crippen LogP) is 4.26. The maximum atomic E-state index is 12.3. The van der Waals surface area contributed by atoms with Crippen molar-refractivity contribution >= 4 is 5.91 Å². The van der Waals surface area contributed by atoms with Gasteiger partial charge in [-0.3, -0.25) is 9.69 Å². The van der Waals surface area contributed by atoms with Gasteiger partial charge in [0.25, 0.3) is 5.91 Å². The van der Waals surface area contributed by atoms with Gasteiger partial charge in [0.15, 0.2) is 0 Å².